The third-order valence-electron chi connectivity index (χ3n) is 2.76. The number of hydrogen-bond acceptors (Lipinski definition) is 3. The van der Waals surface area contributed by atoms with Gasteiger partial charge in [0.25, 0.3) is 0 Å². The van der Waals surface area contributed by atoms with Gasteiger partial charge in [-0.2, -0.15) is 0 Å². The minimum atomic E-state index is 0.0744. The highest BCUT2D eigenvalue weighted by atomic mass is 16.5. The molecule has 0 aliphatic heterocycles. The van der Waals surface area contributed by atoms with Crippen LogP contribution in [0, 0.1) is 6.92 Å². The molecule has 2 unspecified atom stereocenters. The van der Waals surface area contributed by atoms with Gasteiger partial charge in [0.2, 0.25) is 0 Å². The highest BCUT2D eigenvalue weighted by molar-refractivity contribution is 5.24. The van der Waals surface area contributed by atoms with Crippen molar-refractivity contribution >= 4 is 0 Å². The SMILES string of the molecule is CCOCC(C)OC(CNC)c1cccc(C)c1. The molecule has 0 fully saturated rings. The third kappa shape index (κ3) is 5.17. The first-order valence-corrected chi connectivity index (χ1v) is 6.61. The van der Waals surface area contributed by atoms with Crippen molar-refractivity contribution in [3.8, 4) is 0 Å². The molecule has 3 nitrogen and oxygen atoms in total. The largest absolute Gasteiger partial charge is 0.379 e. The van der Waals surface area contributed by atoms with E-state index >= 15 is 0 Å². The van der Waals surface area contributed by atoms with Gasteiger partial charge >= 0.3 is 0 Å². The van der Waals surface area contributed by atoms with Crippen molar-refractivity contribution < 1.29 is 9.47 Å². The fourth-order valence-corrected chi connectivity index (χ4v) is 1.90. The zero-order valence-electron chi connectivity index (χ0n) is 11.9. The molecule has 0 bridgehead atoms. The average Bonchev–Trinajstić information content (AvgIpc) is 2.36. The summed E-state index contributed by atoms with van der Waals surface area (Å²) in [4.78, 5) is 0. The van der Waals surface area contributed by atoms with Crippen molar-refractivity contribution in [1.82, 2.24) is 5.32 Å². The molecule has 3 heteroatoms. The Hall–Kier alpha value is -0.900. The van der Waals surface area contributed by atoms with Gasteiger partial charge in [0.1, 0.15) is 0 Å². The molecule has 0 radical (unpaired) electrons. The number of nitrogens with one attached hydrogen (secondary N) is 1. The Morgan fingerprint density at radius 3 is 2.72 bits per heavy atom. The topological polar surface area (TPSA) is 30.5 Å². The van der Waals surface area contributed by atoms with Crippen LogP contribution in [-0.2, 0) is 9.47 Å². The zero-order valence-corrected chi connectivity index (χ0v) is 11.9. The molecule has 1 N–H and O–H groups in total. The maximum atomic E-state index is 6.05. The second-order valence-corrected chi connectivity index (χ2v) is 4.57. The fraction of sp³-hybridized carbons (Fsp3) is 0.600. The van der Waals surface area contributed by atoms with Crippen LogP contribution in [0.3, 0.4) is 0 Å². The number of hydrogen-bond donors (Lipinski definition) is 1. The van der Waals surface area contributed by atoms with Gasteiger partial charge in [0, 0.05) is 13.2 Å². The monoisotopic (exact) mass is 251 g/mol. The van der Waals surface area contributed by atoms with Crippen LogP contribution in [-0.4, -0.2) is 32.9 Å². The summed E-state index contributed by atoms with van der Waals surface area (Å²) in [5.41, 5.74) is 2.47. The van der Waals surface area contributed by atoms with Gasteiger partial charge < -0.3 is 14.8 Å². The summed E-state index contributed by atoms with van der Waals surface area (Å²) in [6, 6.07) is 8.46. The Morgan fingerprint density at radius 1 is 1.33 bits per heavy atom. The molecular weight excluding hydrogens is 226 g/mol. The van der Waals surface area contributed by atoms with E-state index in [0.29, 0.717) is 6.61 Å². The van der Waals surface area contributed by atoms with E-state index < -0.39 is 0 Å². The number of rotatable bonds is 8. The Kier molecular flexibility index (Phi) is 6.94. The average molecular weight is 251 g/mol. The predicted molar refractivity (Wildman–Crippen MR) is 74.9 cm³/mol. The Morgan fingerprint density at radius 2 is 2.11 bits per heavy atom. The third-order valence-corrected chi connectivity index (χ3v) is 2.76. The Balaban J connectivity index is 2.64. The molecule has 102 valence electrons. The molecule has 0 aliphatic carbocycles. The highest BCUT2D eigenvalue weighted by Gasteiger charge is 2.15. The molecule has 0 amide bonds. The minimum Gasteiger partial charge on any atom is -0.379 e. The molecule has 0 spiro atoms. The first-order valence-electron chi connectivity index (χ1n) is 6.61. The smallest absolute Gasteiger partial charge is 0.0953 e. The van der Waals surface area contributed by atoms with Crippen molar-refractivity contribution in [1.29, 1.82) is 0 Å². The molecule has 0 saturated carbocycles. The van der Waals surface area contributed by atoms with Crippen molar-refractivity contribution in [3.63, 3.8) is 0 Å². The number of benzene rings is 1. The number of likely N-dealkylation sites (N-methyl/N-ethyl adjacent to an activating group) is 1. The van der Waals surface area contributed by atoms with Gasteiger partial charge in [-0.25, -0.2) is 0 Å². The molecule has 0 saturated heterocycles. The van der Waals surface area contributed by atoms with Crippen LogP contribution in [0.4, 0.5) is 0 Å². The maximum absolute atomic E-state index is 6.05. The minimum absolute atomic E-state index is 0.0744. The van der Waals surface area contributed by atoms with Crippen LogP contribution in [0.1, 0.15) is 31.1 Å². The molecule has 0 aliphatic rings. The predicted octanol–water partition coefficient (Wildman–Crippen LogP) is 2.70. The van der Waals surface area contributed by atoms with Crippen LogP contribution < -0.4 is 5.32 Å². The molecule has 0 heterocycles. The Bertz CT molecular complexity index is 341. The fourth-order valence-electron chi connectivity index (χ4n) is 1.90. The van der Waals surface area contributed by atoms with Gasteiger partial charge in [-0.15, -0.1) is 0 Å². The summed E-state index contributed by atoms with van der Waals surface area (Å²) >= 11 is 0. The maximum Gasteiger partial charge on any atom is 0.0953 e. The summed E-state index contributed by atoms with van der Waals surface area (Å²) in [5, 5.41) is 3.18. The summed E-state index contributed by atoms with van der Waals surface area (Å²) < 4.78 is 11.4. The second kappa shape index (κ2) is 8.25. The molecule has 0 aromatic heterocycles. The van der Waals surface area contributed by atoms with Gasteiger partial charge in [-0.05, 0) is 33.4 Å². The van der Waals surface area contributed by atoms with Crippen molar-refractivity contribution in [2.45, 2.75) is 33.0 Å². The van der Waals surface area contributed by atoms with Crippen molar-refractivity contribution in [2.75, 3.05) is 26.8 Å². The summed E-state index contributed by atoms with van der Waals surface area (Å²) in [6.45, 7) is 8.33. The van der Waals surface area contributed by atoms with E-state index in [-0.39, 0.29) is 12.2 Å². The lowest BCUT2D eigenvalue weighted by Crippen LogP contribution is -2.26. The number of ether oxygens (including phenoxy) is 2. The normalized spacial score (nSPS) is 14.4. The molecule has 18 heavy (non-hydrogen) atoms. The molecule has 1 aromatic rings. The van der Waals surface area contributed by atoms with Gasteiger partial charge in [0.15, 0.2) is 0 Å². The first kappa shape index (κ1) is 15.2. The van der Waals surface area contributed by atoms with Gasteiger partial charge in [-0.1, -0.05) is 29.8 Å². The van der Waals surface area contributed by atoms with Gasteiger partial charge in [-0.3, -0.25) is 0 Å². The lowest BCUT2D eigenvalue weighted by molar-refractivity contribution is -0.0464. The summed E-state index contributed by atoms with van der Waals surface area (Å²) in [7, 11) is 1.94. The second-order valence-electron chi connectivity index (χ2n) is 4.57. The molecule has 2 atom stereocenters. The van der Waals surface area contributed by atoms with Crippen molar-refractivity contribution in [2.24, 2.45) is 0 Å². The van der Waals surface area contributed by atoms with Crippen LogP contribution in [0.5, 0.6) is 0 Å². The molecule has 1 rings (SSSR count). The lowest BCUT2D eigenvalue weighted by Gasteiger charge is -2.23. The van der Waals surface area contributed by atoms with E-state index in [1.165, 1.54) is 11.1 Å². The molecule has 1 aromatic carbocycles. The Labute approximate surface area is 110 Å². The van der Waals surface area contributed by atoms with E-state index in [9.17, 15) is 0 Å². The van der Waals surface area contributed by atoms with E-state index in [4.69, 9.17) is 9.47 Å². The van der Waals surface area contributed by atoms with E-state index in [1.54, 1.807) is 0 Å². The van der Waals surface area contributed by atoms with Crippen LogP contribution in [0.2, 0.25) is 0 Å². The van der Waals surface area contributed by atoms with Crippen LogP contribution in [0.15, 0.2) is 24.3 Å². The van der Waals surface area contributed by atoms with E-state index in [2.05, 4.69) is 36.5 Å². The number of aryl methyl sites for hydroxylation is 1. The quantitative estimate of drug-likeness (QED) is 0.770. The standard InChI is InChI=1S/C15H25NO2/c1-5-17-11-13(3)18-15(10-16-4)14-8-6-7-12(2)9-14/h6-9,13,15-16H,5,10-11H2,1-4H3. The lowest BCUT2D eigenvalue weighted by atomic mass is 10.1. The van der Waals surface area contributed by atoms with E-state index in [1.807, 2.05) is 20.9 Å². The molecular formula is C15H25NO2. The van der Waals surface area contributed by atoms with E-state index in [0.717, 1.165) is 13.2 Å². The first-order chi connectivity index (χ1) is 8.67. The summed E-state index contributed by atoms with van der Waals surface area (Å²) in [6.07, 6.45) is 0.175. The van der Waals surface area contributed by atoms with Crippen LogP contribution in [0.25, 0.3) is 0 Å². The van der Waals surface area contributed by atoms with Crippen LogP contribution >= 0.6 is 0 Å². The summed E-state index contributed by atoms with van der Waals surface area (Å²) in [5.74, 6) is 0. The van der Waals surface area contributed by atoms with Crippen molar-refractivity contribution in [3.05, 3.63) is 35.4 Å². The van der Waals surface area contributed by atoms with Gasteiger partial charge in [0.05, 0.1) is 18.8 Å². The highest BCUT2D eigenvalue weighted by Crippen LogP contribution is 2.19. The zero-order chi connectivity index (χ0) is 13.4.